The normalized spacial score (nSPS) is 15.8. The van der Waals surface area contributed by atoms with Crippen LogP contribution in [0.1, 0.15) is 43.0 Å². The molecule has 1 aromatic carbocycles. The molecule has 0 saturated carbocycles. The first-order valence-electron chi connectivity index (χ1n) is 7.28. The van der Waals surface area contributed by atoms with Crippen molar-refractivity contribution >= 4 is 17.4 Å². The van der Waals surface area contributed by atoms with Crippen molar-refractivity contribution in [2.75, 3.05) is 25.0 Å². The van der Waals surface area contributed by atoms with Crippen LogP contribution >= 0.6 is 0 Å². The van der Waals surface area contributed by atoms with Crippen LogP contribution in [-0.2, 0) is 4.79 Å². The predicted molar refractivity (Wildman–Crippen MR) is 80.0 cm³/mol. The van der Waals surface area contributed by atoms with Crippen molar-refractivity contribution in [1.82, 2.24) is 4.90 Å². The molecule has 0 aromatic heterocycles. The first kappa shape index (κ1) is 14.7. The van der Waals surface area contributed by atoms with Crippen LogP contribution in [-0.4, -0.2) is 36.2 Å². The number of nitrogens with zero attached hydrogens (tertiary/aromatic N) is 1. The molecule has 1 N–H and O–H groups in total. The number of likely N-dealkylation sites (tertiary alicyclic amines) is 1. The molecule has 1 aliphatic heterocycles. The van der Waals surface area contributed by atoms with Crippen LogP contribution in [0.5, 0.6) is 0 Å². The maximum Gasteiger partial charge on any atom is 0.225 e. The highest BCUT2D eigenvalue weighted by Crippen LogP contribution is 2.12. The maximum absolute atomic E-state index is 11.9. The molecule has 1 saturated heterocycles. The van der Waals surface area contributed by atoms with Gasteiger partial charge in [0.15, 0.2) is 5.78 Å². The van der Waals surface area contributed by atoms with Crippen molar-refractivity contribution in [3.8, 4) is 0 Å². The summed E-state index contributed by atoms with van der Waals surface area (Å²) in [6.07, 6.45) is 4.29. The van der Waals surface area contributed by atoms with Crippen molar-refractivity contribution in [3.05, 3.63) is 29.8 Å². The number of amides is 1. The van der Waals surface area contributed by atoms with Crippen molar-refractivity contribution < 1.29 is 9.59 Å². The molecular formula is C16H22N2O2. The van der Waals surface area contributed by atoms with Crippen molar-refractivity contribution in [3.63, 3.8) is 0 Å². The Kier molecular flexibility index (Phi) is 5.30. The van der Waals surface area contributed by atoms with E-state index in [1.54, 1.807) is 18.2 Å². The van der Waals surface area contributed by atoms with Crippen LogP contribution in [0.15, 0.2) is 24.3 Å². The van der Waals surface area contributed by atoms with Gasteiger partial charge in [-0.25, -0.2) is 0 Å². The van der Waals surface area contributed by atoms with E-state index in [1.165, 1.54) is 26.2 Å². The molecule has 2 rings (SSSR count). The average Bonchev–Trinajstić information content (AvgIpc) is 2.46. The lowest BCUT2D eigenvalue weighted by Gasteiger charge is -2.25. The highest BCUT2D eigenvalue weighted by molar-refractivity contribution is 5.97. The smallest absolute Gasteiger partial charge is 0.225 e. The minimum atomic E-state index is 0.00872. The van der Waals surface area contributed by atoms with Crippen LogP contribution in [0.25, 0.3) is 0 Å². The fourth-order valence-corrected chi connectivity index (χ4v) is 2.48. The van der Waals surface area contributed by atoms with Gasteiger partial charge in [-0.1, -0.05) is 18.6 Å². The molecule has 0 spiro atoms. The Morgan fingerprint density at radius 3 is 2.65 bits per heavy atom. The summed E-state index contributed by atoms with van der Waals surface area (Å²) in [7, 11) is 0. The number of Topliss-reactive ketones (excluding diaryl/α,β-unsaturated/α-hetero) is 1. The topological polar surface area (TPSA) is 49.4 Å². The number of benzene rings is 1. The lowest BCUT2D eigenvalue weighted by Crippen LogP contribution is -2.32. The standard InChI is InChI=1S/C16H22N2O2/c1-13(19)14-6-5-7-15(12-14)17-16(20)8-11-18-9-3-2-4-10-18/h5-7,12H,2-4,8-11H2,1H3,(H,17,20). The summed E-state index contributed by atoms with van der Waals surface area (Å²) in [6, 6.07) is 7.08. The fraction of sp³-hybridized carbons (Fsp3) is 0.500. The van der Waals surface area contributed by atoms with Gasteiger partial charge in [-0.2, -0.15) is 0 Å². The van der Waals surface area contributed by atoms with Gasteiger partial charge in [0.25, 0.3) is 0 Å². The minimum absolute atomic E-state index is 0.00872. The van der Waals surface area contributed by atoms with Gasteiger partial charge in [-0.3, -0.25) is 9.59 Å². The predicted octanol–water partition coefficient (Wildman–Crippen LogP) is 2.70. The van der Waals surface area contributed by atoms with E-state index in [2.05, 4.69) is 10.2 Å². The molecule has 1 heterocycles. The van der Waals surface area contributed by atoms with Crippen LogP contribution in [0.4, 0.5) is 5.69 Å². The molecule has 0 unspecified atom stereocenters. The molecule has 108 valence electrons. The highest BCUT2D eigenvalue weighted by atomic mass is 16.1. The lowest BCUT2D eigenvalue weighted by atomic mass is 10.1. The highest BCUT2D eigenvalue weighted by Gasteiger charge is 2.12. The SMILES string of the molecule is CC(=O)c1cccc(NC(=O)CCN2CCCCC2)c1. The molecule has 0 radical (unpaired) electrons. The van der Waals surface area contributed by atoms with E-state index >= 15 is 0 Å². The molecule has 0 bridgehead atoms. The van der Waals surface area contributed by atoms with Crippen LogP contribution < -0.4 is 5.32 Å². The molecule has 20 heavy (non-hydrogen) atoms. The minimum Gasteiger partial charge on any atom is -0.326 e. The Morgan fingerprint density at radius 2 is 1.95 bits per heavy atom. The van der Waals surface area contributed by atoms with Gasteiger partial charge in [0.1, 0.15) is 0 Å². The van der Waals surface area contributed by atoms with Gasteiger partial charge >= 0.3 is 0 Å². The van der Waals surface area contributed by atoms with Crippen LogP contribution in [0, 0.1) is 0 Å². The average molecular weight is 274 g/mol. The largest absolute Gasteiger partial charge is 0.326 e. The summed E-state index contributed by atoms with van der Waals surface area (Å²) in [4.78, 5) is 25.6. The number of rotatable bonds is 5. The van der Waals surface area contributed by atoms with E-state index in [-0.39, 0.29) is 11.7 Å². The first-order chi connectivity index (χ1) is 9.65. The summed E-state index contributed by atoms with van der Waals surface area (Å²) in [5.74, 6) is 0.0192. The van der Waals surface area contributed by atoms with E-state index in [4.69, 9.17) is 0 Å². The zero-order chi connectivity index (χ0) is 14.4. The van der Waals surface area contributed by atoms with Gasteiger partial charge in [-0.15, -0.1) is 0 Å². The number of carbonyl (C=O) groups is 2. The summed E-state index contributed by atoms with van der Waals surface area (Å²) < 4.78 is 0. The van der Waals surface area contributed by atoms with Crippen molar-refractivity contribution in [1.29, 1.82) is 0 Å². The molecule has 0 atom stereocenters. The molecule has 0 aliphatic carbocycles. The third kappa shape index (κ3) is 4.46. The number of hydrogen-bond acceptors (Lipinski definition) is 3. The van der Waals surface area contributed by atoms with E-state index in [9.17, 15) is 9.59 Å². The van der Waals surface area contributed by atoms with E-state index in [0.717, 1.165) is 19.6 Å². The molecule has 1 amide bonds. The number of piperidine rings is 1. The van der Waals surface area contributed by atoms with Crippen molar-refractivity contribution in [2.24, 2.45) is 0 Å². The first-order valence-corrected chi connectivity index (χ1v) is 7.28. The van der Waals surface area contributed by atoms with Crippen LogP contribution in [0.2, 0.25) is 0 Å². The molecule has 1 aromatic rings. The number of carbonyl (C=O) groups excluding carboxylic acids is 2. The fourth-order valence-electron chi connectivity index (χ4n) is 2.48. The van der Waals surface area contributed by atoms with E-state index in [1.807, 2.05) is 6.07 Å². The molecule has 1 aliphatic rings. The monoisotopic (exact) mass is 274 g/mol. The molecule has 4 nitrogen and oxygen atoms in total. The third-order valence-corrected chi connectivity index (χ3v) is 3.66. The lowest BCUT2D eigenvalue weighted by molar-refractivity contribution is -0.116. The third-order valence-electron chi connectivity index (χ3n) is 3.66. The van der Waals surface area contributed by atoms with E-state index in [0.29, 0.717) is 17.7 Å². The second kappa shape index (κ2) is 7.20. The van der Waals surface area contributed by atoms with Crippen LogP contribution in [0.3, 0.4) is 0 Å². The second-order valence-corrected chi connectivity index (χ2v) is 5.34. The van der Waals surface area contributed by atoms with Gasteiger partial charge < -0.3 is 10.2 Å². The molecule has 4 heteroatoms. The Labute approximate surface area is 120 Å². The number of nitrogens with one attached hydrogen (secondary N) is 1. The summed E-state index contributed by atoms with van der Waals surface area (Å²) in [6.45, 7) is 4.55. The Hall–Kier alpha value is -1.68. The maximum atomic E-state index is 11.9. The quantitative estimate of drug-likeness (QED) is 0.840. The van der Waals surface area contributed by atoms with Gasteiger partial charge in [0, 0.05) is 24.2 Å². The molecular weight excluding hydrogens is 252 g/mol. The van der Waals surface area contributed by atoms with Gasteiger partial charge in [0.05, 0.1) is 0 Å². The van der Waals surface area contributed by atoms with Gasteiger partial charge in [0.2, 0.25) is 5.91 Å². The Balaban J connectivity index is 1.81. The Morgan fingerprint density at radius 1 is 1.20 bits per heavy atom. The van der Waals surface area contributed by atoms with Crippen molar-refractivity contribution in [2.45, 2.75) is 32.6 Å². The summed E-state index contributed by atoms with van der Waals surface area (Å²) in [5, 5.41) is 2.86. The number of hydrogen-bond donors (Lipinski definition) is 1. The zero-order valence-corrected chi connectivity index (χ0v) is 12.0. The number of anilines is 1. The zero-order valence-electron chi connectivity index (χ0n) is 12.0. The molecule has 1 fully saturated rings. The summed E-state index contributed by atoms with van der Waals surface area (Å²) in [5.41, 5.74) is 1.32. The van der Waals surface area contributed by atoms with Gasteiger partial charge in [-0.05, 0) is 45.0 Å². The van der Waals surface area contributed by atoms with E-state index < -0.39 is 0 Å². The summed E-state index contributed by atoms with van der Waals surface area (Å²) >= 11 is 0. The second-order valence-electron chi connectivity index (χ2n) is 5.34. The Bertz CT molecular complexity index is 479. The number of ketones is 1.